The van der Waals surface area contributed by atoms with Gasteiger partial charge in [0.2, 0.25) is 0 Å². The number of hydrogen-bond donors (Lipinski definition) is 3. The number of aliphatic hydroxyl groups excluding tert-OH is 1. The molecule has 0 saturated heterocycles. The molecule has 0 bridgehead atoms. The molecular weight excluding hydrogens is 206 g/mol. The van der Waals surface area contributed by atoms with Gasteiger partial charge < -0.3 is 15.5 Å². The molecule has 96 valence electrons. The maximum Gasteiger partial charge on any atom is 0.310 e. The van der Waals surface area contributed by atoms with Crippen molar-refractivity contribution in [1.29, 1.82) is 0 Å². The molecule has 0 saturated carbocycles. The Morgan fingerprint density at radius 1 is 1.19 bits per heavy atom. The number of aliphatic carboxylic acids is 1. The third kappa shape index (κ3) is 4.10. The number of carbonyl (C=O) groups is 1. The second kappa shape index (κ2) is 6.21. The highest BCUT2D eigenvalue weighted by molar-refractivity contribution is 5.73. The Labute approximate surface area is 98.1 Å². The average molecular weight is 231 g/mol. The minimum atomic E-state index is -0.803. The van der Waals surface area contributed by atoms with Gasteiger partial charge in [-0.05, 0) is 26.7 Å². The number of carboxylic acid groups (broad SMARTS) is 1. The van der Waals surface area contributed by atoms with Crippen LogP contribution in [0.5, 0.6) is 0 Å². The van der Waals surface area contributed by atoms with E-state index < -0.39 is 11.4 Å². The lowest BCUT2D eigenvalue weighted by Crippen LogP contribution is -2.42. The van der Waals surface area contributed by atoms with E-state index in [0.717, 1.165) is 12.8 Å². The zero-order chi connectivity index (χ0) is 12.8. The minimum absolute atomic E-state index is 0.116. The van der Waals surface area contributed by atoms with Crippen LogP contribution < -0.4 is 5.32 Å². The first-order chi connectivity index (χ1) is 7.33. The third-order valence-electron chi connectivity index (χ3n) is 3.48. The largest absolute Gasteiger partial charge is 0.481 e. The Kier molecular flexibility index (Phi) is 5.97. The molecule has 0 rings (SSSR count). The maximum atomic E-state index is 10.9. The quantitative estimate of drug-likeness (QED) is 0.592. The molecule has 4 heteroatoms. The molecule has 0 fully saturated rings. The van der Waals surface area contributed by atoms with E-state index in [2.05, 4.69) is 5.32 Å². The smallest absolute Gasteiger partial charge is 0.310 e. The summed E-state index contributed by atoms with van der Waals surface area (Å²) < 4.78 is 0. The molecule has 0 aromatic heterocycles. The predicted octanol–water partition coefficient (Wildman–Crippen LogP) is 1.49. The van der Waals surface area contributed by atoms with Crippen molar-refractivity contribution in [3.63, 3.8) is 0 Å². The fraction of sp³-hybridized carbons (Fsp3) is 0.917. The number of carboxylic acids is 1. The highest BCUT2D eigenvalue weighted by Crippen LogP contribution is 2.25. The highest BCUT2D eigenvalue weighted by Gasteiger charge is 2.29. The summed E-state index contributed by atoms with van der Waals surface area (Å²) in [7, 11) is 0. The fourth-order valence-electron chi connectivity index (χ4n) is 1.50. The normalized spacial score (nSPS) is 12.8. The van der Waals surface area contributed by atoms with Crippen LogP contribution in [0.25, 0.3) is 0 Å². The fourth-order valence-corrected chi connectivity index (χ4v) is 1.50. The molecule has 0 unspecified atom stereocenters. The molecule has 0 atom stereocenters. The molecule has 0 amide bonds. The van der Waals surface area contributed by atoms with Gasteiger partial charge in [0.1, 0.15) is 0 Å². The molecular formula is C12H25NO3. The van der Waals surface area contributed by atoms with Crippen molar-refractivity contribution >= 4 is 5.97 Å². The molecule has 0 radical (unpaired) electrons. The van der Waals surface area contributed by atoms with Crippen molar-refractivity contribution in [2.75, 3.05) is 19.7 Å². The standard InChI is InChI=1S/C12H25NO3/c1-5-12(6-2,9-14)8-13-7-11(3,4)10(15)16/h13-14H,5-9H2,1-4H3,(H,15,16). The summed E-state index contributed by atoms with van der Waals surface area (Å²) in [5.74, 6) is -0.803. The van der Waals surface area contributed by atoms with Gasteiger partial charge in [-0.3, -0.25) is 4.79 Å². The lowest BCUT2D eigenvalue weighted by atomic mass is 9.82. The van der Waals surface area contributed by atoms with E-state index in [1.54, 1.807) is 13.8 Å². The molecule has 0 aromatic carbocycles. The second-order valence-electron chi connectivity index (χ2n) is 5.16. The molecule has 16 heavy (non-hydrogen) atoms. The van der Waals surface area contributed by atoms with Gasteiger partial charge >= 0.3 is 5.97 Å². The van der Waals surface area contributed by atoms with Crippen LogP contribution in [-0.4, -0.2) is 35.9 Å². The van der Waals surface area contributed by atoms with Crippen molar-refractivity contribution < 1.29 is 15.0 Å². The van der Waals surface area contributed by atoms with Crippen LogP contribution in [0.3, 0.4) is 0 Å². The van der Waals surface area contributed by atoms with Crippen LogP contribution in [0.2, 0.25) is 0 Å². The Balaban J connectivity index is 4.19. The van der Waals surface area contributed by atoms with Crippen molar-refractivity contribution in [1.82, 2.24) is 5.32 Å². The monoisotopic (exact) mass is 231 g/mol. The van der Waals surface area contributed by atoms with Gasteiger partial charge in [0.15, 0.2) is 0 Å². The van der Waals surface area contributed by atoms with Crippen LogP contribution in [-0.2, 0) is 4.79 Å². The summed E-state index contributed by atoms with van der Waals surface area (Å²) in [6.07, 6.45) is 1.78. The summed E-state index contributed by atoms with van der Waals surface area (Å²) >= 11 is 0. The molecule has 0 aromatic rings. The van der Waals surface area contributed by atoms with Gasteiger partial charge in [0, 0.05) is 25.1 Å². The van der Waals surface area contributed by atoms with Crippen LogP contribution in [0.15, 0.2) is 0 Å². The van der Waals surface area contributed by atoms with Crippen LogP contribution in [0.4, 0.5) is 0 Å². The van der Waals surface area contributed by atoms with E-state index in [-0.39, 0.29) is 12.0 Å². The van der Waals surface area contributed by atoms with Gasteiger partial charge in [-0.15, -0.1) is 0 Å². The number of aliphatic hydroxyl groups is 1. The van der Waals surface area contributed by atoms with Crippen LogP contribution in [0, 0.1) is 10.8 Å². The third-order valence-corrected chi connectivity index (χ3v) is 3.48. The predicted molar refractivity (Wildman–Crippen MR) is 64.4 cm³/mol. The first-order valence-electron chi connectivity index (χ1n) is 5.88. The Morgan fingerprint density at radius 3 is 2.00 bits per heavy atom. The van der Waals surface area contributed by atoms with E-state index in [1.807, 2.05) is 13.8 Å². The van der Waals surface area contributed by atoms with Crippen molar-refractivity contribution in [2.45, 2.75) is 40.5 Å². The first kappa shape index (κ1) is 15.4. The van der Waals surface area contributed by atoms with Gasteiger partial charge in [-0.25, -0.2) is 0 Å². The molecule has 0 aliphatic heterocycles. The van der Waals surface area contributed by atoms with E-state index in [0.29, 0.717) is 13.1 Å². The highest BCUT2D eigenvalue weighted by atomic mass is 16.4. The molecule has 0 spiro atoms. The molecule has 0 aliphatic carbocycles. The molecule has 3 N–H and O–H groups in total. The zero-order valence-electron chi connectivity index (χ0n) is 10.8. The summed E-state index contributed by atoms with van der Waals surface area (Å²) in [5.41, 5.74) is -0.878. The second-order valence-corrected chi connectivity index (χ2v) is 5.16. The SMILES string of the molecule is CCC(CC)(CO)CNCC(C)(C)C(=O)O. The Bertz CT molecular complexity index is 214. The maximum absolute atomic E-state index is 10.9. The summed E-state index contributed by atoms with van der Waals surface area (Å²) in [6, 6.07) is 0. The van der Waals surface area contributed by atoms with E-state index in [9.17, 15) is 9.90 Å². The number of rotatable bonds is 8. The molecule has 4 nitrogen and oxygen atoms in total. The van der Waals surface area contributed by atoms with Gasteiger partial charge in [0.05, 0.1) is 5.41 Å². The minimum Gasteiger partial charge on any atom is -0.481 e. The Morgan fingerprint density at radius 2 is 1.69 bits per heavy atom. The summed E-state index contributed by atoms with van der Waals surface area (Å²) in [4.78, 5) is 10.9. The zero-order valence-corrected chi connectivity index (χ0v) is 10.8. The van der Waals surface area contributed by atoms with Crippen LogP contribution in [0.1, 0.15) is 40.5 Å². The van der Waals surface area contributed by atoms with Crippen molar-refractivity contribution in [3.8, 4) is 0 Å². The van der Waals surface area contributed by atoms with E-state index in [1.165, 1.54) is 0 Å². The van der Waals surface area contributed by atoms with E-state index >= 15 is 0 Å². The van der Waals surface area contributed by atoms with Crippen molar-refractivity contribution in [2.24, 2.45) is 10.8 Å². The lowest BCUT2D eigenvalue weighted by molar-refractivity contribution is -0.146. The van der Waals surface area contributed by atoms with Crippen LogP contribution >= 0.6 is 0 Å². The van der Waals surface area contributed by atoms with Gasteiger partial charge in [-0.2, -0.15) is 0 Å². The molecule has 0 heterocycles. The number of nitrogens with one attached hydrogen (secondary N) is 1. The molecule has 0 aliphatic rings. The van der Waals surface area contributed by atoms with Gasteiger partial charge in [0.25, 0.3) is 0 Å². The van der Waals surface area contributed by atoms with Gasteiger partial charge in [-0.1, -0.05) is 13.8 Å². The van der Waals surface area contributed by atoms with E-state index in [4.69, 9.17) is 5.11 Å². The summed E-state index contributed by atoms with van der Waals surface area (Å²) in [6.45, 7) is 8.70. The Hall–Kier alpha value is -0.610. The first-order valence-corrected chi connectivity index (χ1v) is 5.88. The lowest BCUT2D eigenvalue weighted by Gasteiger charge is -2.31. The van der Waals surface area contributed by atoms with Crippen molar-refractivity contribution in [3.05, 3.63) is 0 Å². The topological polar surface area (TPSA) is 69.6 Å². The summed E-state index contributed by atoms with van der Waals surface area (Å²) in [5, 5.41) is 21.5. The average Bonchev–Trinajstić information content (AvgIpc) is 2.25. The number of hydrogen-bond acceptors (Lipinski definition) is 3.